The zero-order valence-electron chi connectivity index (χ0n) is 53.5. The van der Waals surface area contributed by atoms with Crippen LogP contribution in [0.5, 0.6) is 0 Å². The zero-order chi connectivity index (χ0) is 58.3. The third kappa shape index (κ3) is 62.8. The van der Waals surface area contributed by atoms with Gasteiger partial charge >= 0.3 is 17.9 Å². The van der Waals surface area contributed by atoms with Crippen molar-refractivity contribution < 1.29 is 42.9 Å². The lowest BCUT2D eigenvalue weighted by Crippen LogP contribution is -2.40. The molecule has 0 aromatic rings. The van der Waals surface area contributed by atoms with Gasteiger partial charge in [-0.3, -0.25) is 9.59 Å². The van der Waals surface area contributed by atoms with Gasteiger partial charge in [-0.2, -0.15) is 0 Å². The van der Waals surface area contributed by atoms with E-state index in [1.54, 1.807) is 0 Å². The molecule has 0 aromatic carbocycles. The first-order valence-electron chi connectivity index (χ1n) is 34.3. The molecular weight excluding hydrogens is 995 g/mol. The van der Waals surface area contributed by atoms with Crippen LogP contribution in [0, 0.1) is 0 Å². The van der Waals surface area contributed by atoms with Crippen LogP contribution >= 0.6 is 0 Å². The van der Waals surface area contributed by atoms with Crippen LogP contribution < -0.4 is 0 Å². The summed E-state index contributed by atoms with van der Waals surface area (Å²) in [5.74, 6) is -2.02. The number of aliphatic carboxylic acids is 1. The molecule has 0 rings (SSSR count). The molecule has 0 aliphatic carbocycles. The number of carboxylic acid groups (broad SMARTS) is 1. The molecule has 0 radical (unpaired) electrons. The summed E-state index contributed by atoms with van der Waals surface area (Å²) in [6, 6.07) is 0. The number of ether oxygens (including phenoxy) is 4. The fourth-order valence-electron chi connectivity index (χ4n) is 10.1. The molecule has 0 aliphatic rings. The number of esters is 2. The standard InChI is InChI=1S/C71H131NO8/c1-6-8-10-12-14-16-18-20-22-24-25-26-27-28-29-30-31-32-33-34-35-36-37-38-39-40-41-42-43-44-46-47-49-51-53-55-57-59-61-68(73)78-65-67(66-79-71(70(75)76)77-64-63-72(3,4)5)80-69(74)62-60-58-56-54-52-50-48-45-23-21-19-17-15-13-11-9-7-2/h9,11,15,17,21,23,48,50,67,71H,6-8,10,12-14,16,18-20,22,24-47,49,51-66H2,1-5H3/p+1/b11-9-,17-15-,23-21-,50-48-. The highest BCUT2D eigenvalue weighted by Crippen LogP contribution is 2.19. The second-order valence-electron chi connectivity index (χ2n) is 24.5. The second-order valence-corrected chi connectivity index (χ2v) is 24.5. The average Bonchev–Trinajstić information content (AvgIpc) is 3.43. The number of likely N-dealkylation sites (N-methyl/N-ethyl adjacent to an activating group) is 1. The SMILES string of the molecule is CC/C=C\C/C=C\C/C=C\C/C=C\CCCCCCC(=O)OC(COC(=O)CCCCCCCCCCCCCCCCCCCCCCCCCCCCCCCCCCCCCCCC)COC(OCC[N+](C)(C)C)C(=O)O. The largest absolute Gasteiger partial charge is 0.477 e. The quantitative estimate of drug-likeness (QED) is 0.0211. The number of allylic oxidation sites excluding steroid dienone is 8. The van der Waals surface area contributed by atoms with Gasteiger partial charge in [0.1, 0.15) is 13.2 Å². The second kappa shape index (κ2) is 62.3. The molecule has 9 nitrogen and oxygen atoms in total. The molecule has 0 spiro atoms. The van der Waals surface area contributed by atoms with Gasteiger partial charge in [0.25, 0.3) is 6.29 Å². The van der Waals surface area contributed by atoms with Crippen LogP contribution in [0.2, 0.25) is 0 Å². The van der Waals surface area contributed by atoms with Crippen LogP contribution in [0.1, 0.15) is 328 Å². The van der Waals surface area contributed by atoms with Crippen LogP contribution in [-0.4, -0.2) is 87.4 Å². The maximum atomic E-state index is 12.9. The summed E-state index contributed by atoms with van der Waals surface area (Å²) < 4.78 is 22.9. The van der Waals surface area contributed by atoms with E-state index in [-0.39, 0.29) is 32.2 Å². The lowest BCUT2D eigenvalue weighted by atomic mass is 10.0. The minimum absolute atomic E-state index is 0.183. The normalized spacial score (nSPS) is 13.0. The summed E-state index contributed by atoms with van der Waals surface area (Å²) in [4.78, 5) is 37.5. The number of hydrogen-bond acceptors (Lipinski definition) is 7. The summed E-state index contributed by atoms with van der Waals surface area (Å²) in [6.45, 7) is 4.78. The molecule has 0 saturated heterocycles. The fourth-order valence-corrected chi connectivity index (χ4v) is 10.1. The van der Waals surface area contributed by atoms with Crippen LogP contribution in [0.4, 0.5) is 0 Å². The summed E-state index contributed by atoms with van der Waals surface area (Å²) in [7, 11) is 5.97. The van der Waals surface area contributed by atoms with E-state index in [0.29, 0.717) is 23.9 Å². The molecule has 0 aromatic heterocycles. The van der Waals surface area contributed by atoms with Crippen LogP contribution in [-0.2, 0) is 33.3 Å². The number of carbonyl (C=O) groups excluding carboxylic acids is 2. The van der Waals surface area contributed by atoms with Gasteiger partial charge in [0.05, 0.1) is 34.4 Å². The van der Waals surface area contributed by atoms with Gasteiger partial charge < -0.3 is 28.5 Å². The van der Waals surface area contributed by atoms with Crippen molar-refractivity contribution in [3.63, 3.8) is 0 Å². The number of unbranched alkanes of at least 4 members (excludes halogenated alkanes) is 41. The molecule has 0 saturated carbocycles. The van der Waals surface area contributed by atoms with E-state index in [9.17, 15) is 19.5 Å². The highest BCUT2D eigenvalue weighted by Gasteiger charge is 2.25. The van der Waals surface area contributed by atoms with E-state index < -0.39 is 24.3 Å². The Bertz CT molecular complexity index is 1450. The highest BCUT2D eigenvalue weighted by atomic mass is 16.7. The van der Waals surface area contributed by atoms with Gasteiger partial charge in [-0.15, -0.1) is 0 Å². The molecule has 0 aliphatic heterocycles. The zero-order valence-corrected chi connectivity index (χ0v) is 53.5. The van der Waals surface area contributed by atoms with E-state index in [2.05, 4.69) is 62.5 Å². The lowest BCUT2D eigenvalue weighted by Gasteiger charge is -2.25. The molecule has 80 heavy (non-hydrogen) atoms. The monoisotopic (exact) mass is 1130 g/mol. The Balaban J connectivity index is 3.95. The van der Waals surface area contributed by atoms with Crippen molar-refractivity contribution in [3.05, 3.63) is 48.6 Å². The molecule has 1 N–H and O–H groups in total. The number of nitrogens with zero attached hydrogens (tertiary/aromatic N) is 1. The highest BCUT2D eigenvalue weighted by molar-refractivity contribution is 5.71. The Hall–Kier alpha value is -2.75. The van der Waals surface area contributed by atoms with E-state index >= 15 is 0 Å². The van der Waals surface area contributed by atoms with Gasteiger partial charge in [-0.05, 0) is 51.4 Å². The number of hydrogen-bond donors (Lipinski definition) is 1. The van der Waals surface area contributed by atoms with E-state index in [4.69, 9.17) is 18.9 Å². The Morgan fingerprint density at radius 3 is 1.06 bits per heavy atom. The number of carbonyl (C=O) groups is 3. The maximum Gasteiger partial charge on any atom is 0.361 e. The first-order valence-corrected chi connectivity index (χ1v) is 34.3. The molecule has 468 valence electrons. The van der Waals surface area contributed by atoms with E-state index in [0.717, 1.165) is 70.6 Å². The first-order chi connectivity index (χ1) is 39.1. The molecule has 0 bridgehead atoms. The molecule has 2 unspecified atom stereocenters. The minimum Gasteiger partial charge on any atom is -0.477 e. The van der Waals surface area contributed by atoms with Crippen molar-refractivity contribution in [2.75, 3.05) is 47.5 Å². The van der Waals surface area contributed by atoms with Crippen molar-refractivity contribution in [1.82, 2.24) is 0 Å². The van der Waals surface area contributed by atoms with E-state index in [1.165, 1.54) is 225 Å². The third-order valence-corrected chi connectivity index (χ3v) is 15.3. The Morgan fingerprint density at radius 1 is 0.388 bits per heavy atom. The fraction of sp³-hybridized carbons (Fsp3) is 0.845. The Kier molecular flexibility index (Phi) is 60.2. The van der Waals surface area contributed by atoms with Gasteiger partial charge in [0, 0.05) is 12.8 Å². The third-order valence-electron chi connectivity index (χ3n) is 15.3. The van der Waals surface area contributed by atoms with Gasteiger partial charge in [-0.25, -0.2) is 4.79 Å². The summed E-state index contributed by atoms with van der Waals surface area (Å²) in [5, 5.41) is 9.71. The number of quaternary nitrogens is 1. The topological polar surface area (TPSA) is 108 Å². The summed E-state index contributed by atoms with van der Waals surface area (Å²) in [5.41, 5.74) is 0. The van der Waals surface area contributed by atoms with Crippen LogP contribution in [0.15, 0.2) is 48.6 Å². The predicted octanol–water partition coefficient (Wildman–Crippen LogP) is 21.0. The van der Waals surface area contributed by atoms with Crippen LogP contribution in [0.25, 0.3) is 0 Å². The maximum absolute atomic E-state index is 12.9. The van der Waals surface area contributed by atoms with Crippen molar-refractivity contribution in [1.29, 1.82) is 0 Å². The lowest BCUT2D eigenvalue weighted by molar-refractivity contribution is -0.870. The molecule has 0 amide bonds. The van der Waals surface area contributed by atoms with Crippen molar-refractivity contribution >= 4 is 17.9 Å². The molecule has 9 heteroatoms. The number of rotatable bonds is 64. The summed E-state index contributed by atoms with van der Waals surface area (Å²) in [6.07, 6.45) is 76.9. The average molecular weight is 1130 g/mol. The predicted molar refractivity (Wildman–Crippen MR) is 341 cm³/mol. The number of carboxylic acids is 1. The summed E-state index contributed by atoms with van der Waals surface area (Å²) >= 11 is 0. The molecule has 0 fully saturated rings. The first kappa shape index (κ1) is 77.2. The van der Waals surface area contributed by atoms with Gasteiger partial charge in [0.15, 0.2) is 6.10 Å². The molecule has 2 atom stereocenters. The van der Waals surface area contributed by atoms with Gasteiger partial charge in [0.2, 0.25) is 0 Å². The molecular formula is C71H132NO8+. The van der Waals surface area contributed by atoms with Crippen LogP contribution in [0.3, 0.4) is 0 Å². The van der Waals surface area contributed by atoms with Crippen molar-refractivity contribution in [3.8, 4) is 0 Å². The Labute approximate surface area is 495 Å². The smallest absolute Gasteiger partial charge is 0.361 e. The van der Waals surface area contributed by atoms with E-state index in [1.807, 2.05) is 21.1 Å². The minimum atomic E-state index is -1.52. The van der Waals surface area contributed by atoms with Crippen molar-refractivity contribution in [2.24, 2.45) is 0 Å². The molecule has 0 heterocycles. The van der Waals surface area contributed by atoms with Crippen molar-refractivity contribution in [2.45, 2.75) is 341 Å². The van der Waals surface area contributed by atoms with Gasteiger partial charge in [-0.1, -0.05) is 313 Å². The Morgan fingerprint density at radius 2 is 0.713 bits per heavy atom.